The van der Waals surface area contributed by atoms with Crippen molar-refractivity contribution in [1.82, 2.24) is 44.0 Å². The quantitative estimate of drug-likeness (QED) is 0.102. The first-order valence-electron chi connectivity index (χ1n) is 21.7. The van der Waals surface area contributed by atoms with Crippen molar-refractivity contribution >= 4 is 46.0 Å². The monoisotopic (exact) mass is 874 g/mol. The topological polar surface area (TPSA) is 145 Å². The highest BCUT2D eigenvalue weighted by Gasteiger charge is 2.26. The van der Waals surface area contributed by atoms with Crippen molar-refractivity contribution in [3.05, 3.63) is 95.7 Å². The van der Waals surface area contributed by atoms with Crippen LogP contribution in [0.25, 0.3) is 44.4 Å². The summed E-state index contributed by atoms with van der Waals surface area (Å²) in [6, 6.07) is 15.8. The zero-order chi connectivity index (χ0) is 46.4. The molecule has 0 spiro atoms. The number of anilines is 4. The molecule has 0 radical (unpaired) electrons. The first-order chi connectivity index (χ1) is 30.6. The maximum atomic E-state index is 13.7. The van der Waals surface area contributed by atoms with Gasteiger partial charge in [0, 0.05) is 125 Å². The standard InChI is InChI=1S/C26H32N6O.C20H22F2N6O.C2H6/c1-16(2)19-12-21(26(23(13-19)27-4)29-17(3)9-10-33)18-7-8-24-22(11-18)25(30-32(24)6)20-14-28-31(5)15-20;1-12(29)28-7-6-18-17(11-28)20(25-27(18)3)24-14-4-5-15(16(8-14)19(21)22)13-9-23-26(2)10-13;1-2/h7-8,10-17,27,29H,9H2,1-6H3;4-5,8-10,19H,6-7,11H2,1-3H3,(H,24,25);1-2H3. The molecule has 338 valence electrons. The van der Waals surface area contributed by atoms with E-state index in [9.17, 15) is 18.4 Å². The van der Waals surface area contributed by atoms with Gasteiger partial charge in [0.1, 0.15) is 12.0 Å². The highest BCUT2D eigenvalue weighted by atomic mass is 19.3. The molecule has 0 saturated heterocycles. The van der Waals surface area contributed by atoms with Crippen LogP contribution in [0.2, 0.25) is 0 Å². The Balaban J connectivity index is 0.000000206. The number of carbonyl (C=O) groups is 2. The second-order valence-electron chi connectivity index (χ2n) is 16.2. The summed E-state index contributed by atoms with van der Waals surface area (Å²) < 4.78 is 34.5. The smallest absolute Gasteiger partial charge is 0.264 e. The van der Waals surface area contributed by atoms with Gasteiger partial charge in [-0.25, -0.2) is 8.78 Å². The van der Waals surface area contributed by atoms with Crippen molar-refractivity contribution in [2.45, 2.75) is 79.3 Å². The van der Waals surface area contributed by atoms with Crippen LogP contribution in [0, 0.1) is 0 Å². The van der Waals surface area contributed by atoms with Crippen LogP contribution >= 0.6 is 0 Å². The van der Waals surface area contributed by atoms with E-state index in [0.29, 0.717) is 54.5 Å². The molecule has 0 fully saturated rings. The molecule has 14 nitrogen and oxygen atoms in total. The Morgan fingerprint density at radius 2 is 1.56 bits per heavy atom. The molecule has 16 heteroatoms. The van der Waals surface area contributed by atoms with E-state index in [1.165, 1.54) is 11.6 Å². The molecule has 1 amide bonds. The van der Waals surface area contributed by atoms with E-state index in [2.05, 4.69) is 75.4 Å². The molecule has 1 aliphatic heterocycles. The van der Waals surface area contributed by atoms with Crippen LogP contribution in [0.3, 0.4) is 0 Å². The number of hydrogen-bond acceptors (Lipinski definition) is 9. The van der Waals surface area contributed by atoms with E-state index in [-0.39, 0.29) is 17.5 Å². The molecule has 1 unspecified atom stereocenters. The van der Waals surface area contributed by atoms with E-state index in [0.717, 1.165) is 62.2 Å². The van der Waals surface area contributed by atoms with Crippen molar-refractivity contribution in [3.8, 4) is 33.5 Å². The maximum Gasteiger partial charge on any atom is 0.264 e. The van der Waals surface area contributed by atoms with E-state index in [1.54, 1.807) is 57.4 Å². The number of alkyl halides is 2. The van der Waals surface area contributed by atoms with Crippen LogP contribution in [-0.4, -0.2) is 75.8 Å². The normalized spacial score (nSPS) is 12.6. The number of carbonyl (C=O) groups excluding carboxylic acids is 2. The summed E-state index contributed by atoms with van der Waals surface area (Å²) in [7, 11) is 9.41. The Morgan fingerprint density at radius 1 is 0.859 bits per heavy atom. The second-order valence-corrected chi connectivity index (χ2v) is 16.2. The average molecular weight is 875 g/mol. The van der Waals surface area contributed by atoms with Crippen molar-refractivity contribution in [1.29, 1.82) is 0 Å². The fourth-order valence-corrected chi connectivity index (χ4v) is 7.96. The predicted molar refractivity (Wildman–Crippen MR) is 252 cm³/mol. The zero-order valence-electron chi connectivity index (χ0n) is 38.7. The number of fused-ring (bicyclic) bond motifs is 2. The minimum atomic E-state index is -2.63. The van der Waals surface area contributed by atoms with Crippen LogP contribution in [0.5, 0.6) is 0 Å². The Hall–Kier alpha value is -6.84. The highest BCUT2D eigenvalue weighted by molar-refractivity contribution is 5.98. The summed E-state index contributed by atoms with van der Waals surface area (Å²) in [5.74, 6) is 0.972. The van der Waals surface area contributed by atoms with Crippen molar-refractivity contribution in [2.75, 3.05) is 29.5 Å². The third-order valence-corrected chi connectivity index (χ3v) is 11.3. The maximum absolute atomic E-state index is 13.7. The van der Waals surface area contributed by atoms with Crippen LogP contribution in [0.1, 0.15) is 82.7 Å². The number of nitrogens with zero attached hydrogens (tertiary/aromatic N) is 9. The van der Waals surface area contributed by atoms with E-state index in [4.69, 9.17) is 5.10 Å². The zero-order valence-corrected chi connectivity index (χ0v) is 38.7. The Kier molecular flexibility index (Phi) is 14.7. The number of aldehydes is 1. The number of nitrogens with one attached hydrogen (secondary N) is 3. The van der Waals surface area contributed by atoms with Crippen molar-refractivity contribution in [3.63, 3.8) is 0 Å². The molecule has 0 bridgehead atoms. The van der Waals surface area contributed by atoms with Gasteiger partial charge in [0.25, 0.3) is 6.43 Å². The number of rotatable bonds is 12. The van der Waals surface area contributed by atoms with Gasteiger partial charge in [-0.1, -0.05) is 39.8 Å². The van der Waals surface area contributed by atoms with Crippen LogP contribution < -0.4 is 16.0 Å². The summed E-state index contributed by atoms with van der Waals surface area (Å²) in [6.07, 6.45) is 6.60. The van der Waals surface area contributed by atoms with Gasteiger partial charge in [0.2, 0.25) is 5.91 Å². The third kappa shape index (κ3) is 10.0. The summed E-state index contributed by atoms with van der Waals surface area (Å²) >= 11 is 0. The molecule has 8 rings (SSSR count). The summed E-state index contributed by atoms with van der Waals surface area (Å²) in [5, 5.41) is 28.9. The Bertz CT molecular complexity index is 2740. The molecule has 4 aromatic heterocycles. The second kappa shape index (κ2) is 20.1. The van der Waals surface area contributed by atoms with Gasteiger partial charge in [0.05, 0.1) is 35.8 Å². The molecule has 64 heavy (non-hydrogen) atoms. The van der Waals surface area contributed by atoms with Crippen LogP contribution in [-0.2, 0) is 50.7 Å². The van der Waals surface area contributed by atoms with Gasteiger partial charge >= 0.3 is 0 Å². The first kappa shape index (κ1) is 46.7. The molecule has 1 atom stereocenters. The molecule has 3 N–H and O–H groups in total. The third-order valence-electron chi connectivity index (χ3n) is 11.3. The van der Waals surface area contributed by atoms with Gasteiger partial charge in [-0.2, -0.15) is 20.4 Å². The molecular formula is C48H60F2N12O2. The number of hydrogen-bond donors (Lipinski definition) is 3. The van der Waals surface area contributed by atoms with Gasteiger partial charge in [0.15, 0.2) is 5.82 Å². The van der Waals surface area contributed by atoms with Gasteiger partial charge < -0.3 is 25.6 Å². The minimum absolute atomic E-state index is 0.00580. The number of amides is 1. The molecular weight excluding hydrogens is 815 g/mol. The molecule has 1 aliphatic rings. The Labute approximate surface area is 373 Å². The number of aromatic nitrogens is 8. The van der Waals surface area contributed by atoms with Gasteiger partial charge in [-0.05, 0) is 65.9 Å². The largest absolute Gasteiger partial charge is 0.386 e. The SMILES string of the molecule is CC.CC(=O)N1CCc2c(c(Nc3ccc(-c4cnn(C)c4)c(C(F)F)c3)nn2C)C1.CNc1cc(C(C)C)cc(-c2ccc3c(c2)c(-c2cnn(C)c2)nn3C)c1NC(C)CC=O. The summed E-state index contributed by atoms with van der Waals surface area (Å²) in [6.45, 7) is 13.1. The summed E-state index contributed by atoms with van der Waals surface area (Å²) in [4.78, 5) is 24.6. The molecule has 3 aromatic carbocycles. The number of benzene rings is 3. The fourth-order valence-electron chi connectivity index (χ4n) is 7.96. The highest BCUT2D eigenvalue weighted by Crippen LogP contribution is 2.41. The van der Waals surface area contributed by atoms with Crippen LogP contribution in [0.4, 0.5) is 31.7 Å². The first-order valence-corrected chi connectivity index (χ1v) is 21.7. The van der Waals surface area contributed by atoms with E-state index < -0.39 is 6.43 Å². The summed E-state index contributed by atoms with van der Waals surface area (Å²) in [5.41, 5.74) is 12.0. The van der Waals surface area contributed by atoms with Gasteiger partial charge in [-0.15, -0.1) is 0 Å². The molecule has 0 saturated carbocycles. The lowest BCUT2D eigenvalue weighted by Gasteiger charge is -2.26. The molecule has 7 aromatic rings. The lowest BCUT2D eigenvalue weighted by molar-refractivity contribution is -0.129. The molecule has 5 heterocycles. The lowest BCUT2D eigenvalue weighted by atomic mass is 9.93. The minimum Gasteiger partial charge on any atom is -0.386 e. The van der Waals surface area contributed by atoms with E-state index in [1.807, 2.05) is 66.0 Å². The fraction of sp³-hybridized carbons (Fsp3) is 0.375. The molecule has 0 aliphatic carbocycles. The van der Waals surface area contributed by atoms with Gasteiger partial charge in [-0.3, -0.25) is 23.5 Å². The van der Waals surface area contributed by atoms with E-state index >= 15 is 0 Å². The average Bonchev–Trinajstić information content (AvgIpc) is 4.07. The van der Waals surface area contributed by atoms with Crippen molar-refractivity contribution < 1.29 is 18.4 Å². The number of aryl methyl sites for hydroxylation is 4. The number of halogens is 2. The van der Waals surface area contributed by atoms with Crippen molar-refractivity contribution in [2.24, 2.45) is 28.2 Å². The Morgan fingerprint density at radius 3 is 2.17 bits per heavy atom. The predicted octanol–water partition coefficient (Wildman–Crippen LogP) is 9.63. The van der Waals surface area contributed by atoms with Crippen LogP contribution in [0.15, 0.2) is 73.3 Å². The lowest BCUT2D eigenvalue weighted by Crippen LogP contribution is -2.34.